The molecular formula is C17H26FNO2. The van der Waals surface area contributed by atoms with E-state index in [4.69, 9.17) is 4.74 Å². The summed E-state index contributed by atoms with van der Waals surface area (Å²) in [4.78, 5) is 0. The molecule has 3 atom stereocenters. The summed E-state index contributed by atoms with van der Waals surface area (Å²) in [5.74, 6) is 1.18. The third kappa shape index (κ3) is 4.17. The lowest BCUT2D eigenvalue weighted by Crippen LogP contribution is -2.33. The number of nitrogens with one attached hydrogen (secondary N) is 1. The third-order valence-corrected chi connectivity index (χ3v) is 4.66. The maximum Gasteiger partial charge on any atom is 0.131 e. The number of aliphatic hydroxyl groups is 1. The fraction of sp³-hybridized carbons (Fsp3) is 0.647. The van der Waals surface area contributed by atoms with E-state index in [2.05, 4.69) is 5.32 Å². The molecule has 3 unspecified atom stereocenters. The number of hydrogen-bond acceptors (Lipinski definition) is 3. The lowest BCUT2D eigenvalue weighted by molar-refractivity contribution is 0.131. The number of rotatable bonds is 6. The van der Waals surface area contributed by atoms with E-state index >= 15 is 0 Å². The summed E-state index contributed by atoms with van der Waals surface area (Å²) in [5.41, 5.74) is 0.659. The molecule has 0 amide bonds. The lowest BCUT2D eigenvalue weighted by atomic mass is 9.79. The molecule has 0 aliphatic heterocycles. The number of halogens is 1. The molecule has 2 N–H and O–H groups in total. The zero-order chi connectivity index (χ0) is 15.2. The molecule has 1 fully saturated rings. The van der Waals surface area contributed by atoms with Crippen LogP contribution in [0, 0.1) is 17.7 Å². The molecule has 1 aliphatic rings. The van der Waals surface area contributed by atoms with Crippen molar-refractivity contribution < 1.29 is 14.2 Å². The van der Waals surface area contributed by atoms with Crippen molar-refractivity contribution in [3.63, 3.8) is 0 Å². The Morgan fingerprint density at radius 1 is 1.33 bits per heavy atom. The number of benzene rings is 1. The standard InChI is InChI=1S/C17H26FNO2/c1-12(16-8-7-15(21-2)9-17(16)18)19-10-13-5-3-4-6-14(13)11-20/h7-9,12-14,19-20H,3-6,10-11H2,1-2H3. The highest BCUT2D eigenvalue weighted by molar-refractivity contribution is 5.30. The van der Waals surface area contributed by atoms with Crippen LogP contribution in [-0.4, -0.2) is 25.4 Å². The van der Waals surface area contributed by atoms with Crippen molar-refractivity contribution in [3.8, 4) is 5.75 Å². The Kier molecular flexibility index (Phi) is 6.00. The summed E-state index contributed by atoms with van der Waals surface area (Å²) in [6.45, 7) is 3.07. The topological polar surface area (TPSA) is 41.5 Å². The maximum absolute atomic E-state index is 14.0. The molecule has 0 aromatic heterocycles. The predicted octanol–water partition coefficient (Wildman–Crippen LogP) is 3.28. The van der Waals surface area contributed by atoms with Crippen LogP contribution in [0.25, 0.3) is 0 Å². The summed E-state index contributed by atoms with van der Waals surface area (Å²) in [6.07, 6.45) is 4.70. The van der Waals surface area contributed by atoms with Gasteiger partial charge >= 0.3 is 0 Å². The van der Waals surface area contributed by atoms with E-state index in [0.29, 0.717) is 23.1 Å². The van der Waals surface area contributed by atoms with E-state index in [1.165, 1.54) is 26.0 Å². The molecule has 1 aromatic rings. The van der Waals surface area contributed by atoms with Crippen LogP contribution in [0.3, 0.4) is 0 Å². The summed E-state index contributed by atoms with van der Waals surface area (Å²) in [7, 11) is 1.54. The van der Waals surface area contributed by atoms with E-state index in [1.807, 2.05) is 6.92 Å². The molecule has 118 valence electrons. The molecule has 21 heavy (non-hydrogen) atoms. The van der Waals surface area contributed by atoms with Gasteiger partial charge in [0.25, 0.3) is 0 Å². The molecule has 0 heterocycles. The van der Waals surface area contributed by atoms with E-state index in [1.54, 1.807) is 12.1 Å². The molecule has 0 spiro atoms. The normalized spacial score (nSPS) is 23.8. The Hall–Kier alpha value is -1.13. The van der Waals surface area contributed by atoms with E-state index in [0.717, 1.165) is 19.4 Å². The van der Waals surface area contributed by atoms with Crippen molar-refractivity contribution in [3.05, 3.63) is 29.6 Å². The first-order valence-electron chi connectivity index (χ1n) is 7.83. The molecule has 1 aromatic carbocycles. The predicted molar refractivity (Wildman–Crippen MR) is 81.9 cm³/mol. The smallest absolute Gasteiger partial charge is 0.131 e. The Morgan fingerprint density at radius 2 is 2.05 bits per heavy atom. The average molecular weight is 295 g/mol. The van der Waals surface area contributed by atoms with Crippen molar-refractivity contribution in [1.29, 1.82) is 0 Å². The van der Waals surface area contributed by atoms with Gasteiger partial charge in [-0.15, -0.1) is 0 Å². The monoisotopic (exact) mass is 295 g/mol. The van der Waals surface area contributed by atoms with Crippen LogP contribution in [0.4, 0.5) is 4.39 Å². The summed E-state index contributed by atoms with van der Waals surface area (Å²) in [5, 5.41) is 12.9. The number of aliphatic hydroxyl groups excluding tert-OH is 1. The van der Waals surface area contributed by atoms with Gasteiger partial charge in [0.1, 0.15) is 11.6 Å². The van der Waals surface area contributed by atoms with Gasteiger partial charge in [-0.05, 0) is 44.2 Å². The number of methoxy groups -OCH3 is 1. The first-order valence-corrected chi connectivity index (χ1v) is 7.83. The zero-order valence-electron chi connectivity index (χ0n) is 12.9. The molecule has 4 heteroatoms. The van der Waals surface area contributed by atoms with Gasteiger partial charge in [-0.25, -0.2) is 4.39 Å². The molecule has 0 saturated heterocycles. The SMILES string of the molecule is COc1ccc(C(C)NCC2CCCCC2CO)c(F)c1. The largest absolute Gasteiger partial charge is 0.497 e. The van der Waals surface area contributed by atoms with Gasteiger partial charge in [0.05, 0.1) is 7.11 Å². The highest BCUT2D eigenvalue weighted by Crippen LogP contribution is 2.30. The van der Waals surface area contributed by atoms with E-state index in [-0.39, 0.29) is 18.5 Å². The van der Waals surface area contributed by atoms with Gasteiger partial charge < -0.3 is 15.2 Å². The van der Waals surface area contributed by atoms with Crippen LogP contribution in [0.5, 0.6) is 5.75 Å². The van der Waals surface area contributed by atoms with Crippen molar-refractivity contribution in [2.45, 2.75) is 38.6 Å². The van der Waals surface area contributed by atoms with Crippen LogP contribution in [-0.2, 0) is 0 Å². The minimum absolute atomic E-state index is 0.0443. The average Bonchev–Trinajstić information content (AvgIpc) is 2.52. The van der Waals surface area contributed by atoms with Crippen LogP contribution in [0.1, 0.15) is 44.2 Å². The minimum atomic E-state index is -0.239. The van der Waals surface area contributed by atoms with E-state index in [9.17, 15) is 9.50 Å². The van der Waals surface area contributed by atoms with Gasteiger partial charge in [-0.1, -0.05) is 18.9 Å². The summed E-state index contributed by atoms with van der Waals surface area (Å²) < 4.78 is 19.1. The number of hydrogen-bond donors (Lipinski definition) is 2. The fourth-order valence-electron chi connectivity index (χ4n) is 3.22. The molecule has 1 saturated carbocycles. The van der Waals surface area contributed by atoms with Crippen LogP contribution >= 0.6 is 0 Å². The Balaban J connectivity index is 1.93. The van der Waals surface area contributed by atoms with Gasteiger partial charge in [0.15, 0.2) is 0 Å². The molecule has 0 bridgehead atoms. The zero-order valence-corrected chi connectivity index (χ0v) is 12.9. The third-order valence-electron chi connectivity index (χ3n) is 4.66. The Bertz CT molecular complexity index is 452. The second kappa shape index (κ2) is 7.76. The summed E-state index contributed by atoms with van der Waals surface area (Å²) in [6, 6.07) is 4.94. The Labute approximate surface area is 126 Å². The molecule has 2 rings (SSSR count). The second-order valence-corrected chi connectivity index (χ2v) is 6.00. The Morgan fingerprint density at radius 3 is 2.67 bits per heavy atom. The van der Waals surface area contributed by atoms with Crippen LogP contribution in [0.15, 0.2) is 18.2 Å². The number of ether oxygens (including phenoxy) is 1. The highest BCUT2D eigenvalue weighted by Gasteiger charge is 2.25. The van der Waals surface area contributed by atoms with Crippen molar-refractivity contribution in [2.24, 2.45) is 11.8 Å². The van der Waals surface area contributed by atoms with Crippen LogP contribution in [0.2, 0.25) is 0 Å². The first-order chi connectivity index (χ1) is 10.2. The van der Waals surface area contributed by atoms with Crippen LogP contribution < -0.4 is 10.1 Å². The van der Waals surface area contributed by atoms with Gasteiger partial charge in [-0.2, -0.15) is 0 Å². The molecule has 0 radical (unpaired) electrons. The first kappa shape index (κ1) is 16.2. The molecule has 3 nitrogen and oxygen atoms in total. The van der Waals surface area contributed by atoms with Gasteiger partial charge in [-0.3, -0.25) is 0 Å². The minimum Gasteiger partial charge on any atom is -0.497 e. The second-order valence-electron chi connectivity index (χ2n) is 6.00. The highest BCUT2D eigenvalue weighted by atomic mass is 19.1. The maximum atomic E-state index is 14.0. The lowest BCUT2D eigenvalue weighted by Gasteiger charge is -2.31. The van der Waals surface area contributed by atoms with Crippen molar-refractivity contribution in [1.82, 2.24) is 5.32 Å². The quantitative estimate of drug-likeness (QED) is 0.846. The summed E-state index contributed by atoms with van der Waals surface area (Å²) >= 11 is 0. The fourth-order valence-corrected chi connectivity index (χ4v) is 3.22. The van der Waals surface area contributed by atoms with E-state index < -0.39 is 0 Å². The van der Waals surface area contributed by atoms with Gasteiger partial charge in [0, 0.05) is 24.3 Å². The van der Waals surface area contributed by atoms with Gasteiger partial charge in [0.2, 0.25) is 0 Å². The van der Waals surface area contributed by atoms with Crippen molar-refractivity contribution >= 4 is 0 Å². The van der Waals surface area contributed by atoms with Crippen molar-refractivity contribution in [2.75, 3.05) is 20.3 Å². The molecule has 1 aliphatic carbocycles. The molecular weight excluding hydrogens is 269 g/mol.